The first kappa shape index (κ1) is 12.4. The van der Waals surface area contributed by atoms with E-state index in [0.717, 1.165) is 23.4 Å². The highest BCUT2D eigenvalue weighted by molar-refractivity contribution is 6.30. The molecule has 1 atom stereocenters. The number of aromatic nitrogens is 2. The summed E-state index contributed by atoms with van der Waals surface area (Å²) in [6, 6.07) is 11.4. The molecule has 0 fully saturated rings. The molecular formula is C16H12ClN3O. The predicted molar refractivity (Wildman–Crippen MR) is 81.7 cm³/mol. The Kier molecular flexibility index (Phi) is 2.72. The number of fused-ring (bicyclic) bond motifs is 2. The van der Waals surface area contributed by atoms with Gasteiger partial charge in [-0.3, -0.25) is 9.20 Å². The van der Waals surface area contributed by atoms with Crippen LogP contribution in [0.3, 0.4) is 0 Å². The molecule has 0 aliphatic heterocycles. The molecule has 1 amide bonds. The first-order valence-corrected chi connectivity index (χ1v) is 7.11. The van der Waals surface area contributed by atoms with Crippen molar-refractivity contribution in [1.29, 1.82) is 0 Å². The summed E-state index contributed by atoms with van der Waals surface area (Å²) in [6.07, 6.45) is 4.30. The zero-order chi connectivity index (χ0) is 14.4. The number of carbonyl (C=O) groups excluding carboxylic acids is 1. The second-order valence-corrected chi connectivity index (χ2v) is 5.59. The van der Waals surface area contributed by atoms with E-state index in [2.05, 4.69) is 10.3 Å². The summed E-state index contributed by atoms with van der Waals surface area (Å²) < 4.78 is 1.86. The summed E-state index contributed by atoms with van der Waals surface area (Å²) in [5.41, 5.74) is 3.03. The highest BCUT2D eigenvalue weighted by Crippen LogP contribution is 2.37. The van der Waals surface area contributed by atoms with E-state index in [4.69, 9.17) is 11.6 Å². The largest absolute Gasteiger partial charge is 0.311 e. The Labute approximate surface area is 126 Å². The van der Waals surface area contributed by atoms with Crippen LogP contribution in [-0.2, 0) is 11.2 Å². The number of hydrogen-bond acceptors (Lipinski definition) is 2. The van der Waals surface area contributed by atoms with E-state index in [1.54, 1.807) is 6.20 Å². The van der Waals surface area contributed by atoms with Gasteiger partial charge >= 0.3 is 0 Å². The van der Waals surface area contributed by atoms with Crippen molar-refractivity contribution in [2.24, 2.45) is 0 Å². The predicted octanol–water partition coefficient (Wildman–Crippen LogP) is 3.27. The average Bonchev–Trinajstić information content (AvgIpc) is 2.92. The number of carbonyl (C=O) groups is 1. The minimum absolute atomic E-state index is 0.00836. The van der Waals surface area contributed by atoms with E-state index in [0.29, 0.717) is 5.02 Å². The van der Waals surface area contributed by atoms with Crippen LogP contribution in [0.1, 0.15) is 17.0 Å². The van der Waals surface area contributed by atoms with Crippen molar-refractivity contribution < 1.29 is 4.79 Å². The molecule has 1 aliphatic carbocycles. The van der Waals surface area contributed by atoms with Crippen LogP contribution < -0.4 is 5.32 Å². The third-order valence-corrected chi connectivity index (χ3v) is 4.14. The van der Waals surface area contributed by atoms with Crippen LogP contribution >= 0.6 is 11.6 Å². The molecule has 1 N–H and O–H groups in total. The Morgan fingerprint density at radius 1 is 1.33 bits per heavy atom. The van der Waals surface area contributed by atoms with Gasteiger partial charge in [0.2, 0.25) is 5.91 Å². The van der Waals surface area contributed by atoms with Gasteiger partial charge in [-0.2, -0.15) is 0 Å². The molecule has 1 aliphatic rings. The van der Waals surface area contributed by atoms with Gasteiger partial charge in [-0.1, -0.05) is 23.7 Å². The molecule has 5 heteroatoms. The molecule has 21 heavy (non-hydrogen) atoms. The lowest BCUT2D eigenvalue weighted by atomic mass is 9.77. The smallest absolute Gasteiger partial charge is 0.233 e. The van der Waals surface area contributed by atoms with E-state index in [1.165, 1.54) is 5.56 Å². The van der Waals surface area contributed by atoms with Crippen LogP contribution in [0, 0.1) is 0 Å². The normalized spacial score (nSPS) is 16.3. The maximum absolute atomic E-state index is 12.4. The van der Waals surface area contributed by atoms with Gasteiger partial charge in [0, 0.05) is 17.4 Å². The van der Waals surface area contributed by atoms with Crippen LogP contribution in [0.4, 0.5) is 5.82 Å². The second-order valence-electron chi connectivity index (χ2n) is 5.16. The molecule has 2 aromatic heterocycles. The molecule has 4 nitrogen and oxygen atoms in total. The second kappa shape index (κ2) is 4.60. The van der Waals surface area contributed by atoms with Gasteiger partial charge in [-0.25, -0.2) is 4.98 Å². The number of halogens is 1. The number of pyridine rings is 1. The number of benzene rings is 1. The maximum Gasteiger partial charge on any atom is 0.233 e. The van der Waals surface area contributed by atoms with Crippen molar-refractivity contribution in [3.05, 3.63) is 64.9 Å². The molecule has 0 saturated carbocycles. The summed E-state index contributed by atoms with van der Waals surface area (Å²) in [7, 11) is 0. The number of nitrogens with one attached hydrogen (secondary N) is 1. The van der Waals surface area contributed by atoms with Crippen molar-refractivity contribution in [2.75, 3.05) is 5.32 Å². The molecule has 4 rings (SSSR count). The lowest BCUT2D eigenvalue weighted by Gasteiger charge is -2.29. The molecule has 2 heterocycles. The third-order valence-electron chi connectivity index (χ3n) is 3.90. The third kappa shape index (κ3) is 1.99. The van der Waals surface area contributed by atoms with Crippen molar-refractivity contribution in [2.45, 2.75) is 12.3 Å². The van der Waals surface area contributed by atoms with E-state index in [-0.39, 0.29) is 11.8 Å². The number of nitrogens with zero attached hydrogens (tertiary/aromatic N) is 2. The van der Waals surface area contributed by atoms with Gasteiger partial charge in [0.25, 0.3) is 0 Å². The van der Waals surface area contributed by atoms with Crippen LogP contribution in [0.2, 0.25) is 5.02 Å². The van der Waals surface area contributed by atoms with E-state index >= 15 is 0 Å². The van der Waals surface area contributed by atoms with Gasteiger partial charge in [-0.05, 0) is 41.8 Å². The minimum Gasteiger partial charge on any atom is -0.311 e. The van der Waals surface area contributed by atoms with Gasteiger partial charge in [0.05, 0.1) is 5.92 Å². The first-order chi connectivity index (χ1) is 10.2. The Bertz CT molecular complexity index is 856. The van der Waals surface area contributed by atoms with Crippen molar-refractivity contribution in [1.82, 2.24) is 9.38 Å². The molecule has 0 saturated heterocycles. The Morgan fingerprint density at radius 3 is 3.14 bits per heavy atom. The highest BCUT2D eigenvalue weighted by Gasteiger charge is 2.32. The fraction of sp³-hybridized carbons (Fsp3) is 0.125. The van der Waals surface area contributed by atoms with Crippen LogP contribution in [0.15, 0.2) is 48.8 Å². The van der Waals surface area contributed by atoms with Crippen molar-refractivity contribution >= 4 is 29.0 Å². The number of hydrogen-bond donors (Lipinski definition) is 1. The number of amides is 1. The summed E-state index contributed by atoms with van der Waals surface area (Å²) in [5.74, 6) is 0.592. The van der Waals surface area contributed by atoms with Crippen LogP contribution in [0.5, 0.6) is 0 Å². The van der Waals surface area contributed by atoms with Gasteiger partial charge in [-0.15, -0.1) is 0 Å². The van der Waals surface area contributed by atoms with E-state index in [1.807, 2.05) is 47.0 Å². The lowest BCUT2D eigenvalue weighted by molar-refractivity contribution is -0.118. The monoisotopic (exact) mass is 297 g/mol. The number of rotatable bonds is 2. The summed E-state index contributed by atoms with van der Waals surface area (Å²) in [6.45, 7) is 0. The van der Waals surface area contributed by atoms with Crippen molar-refractivity contribution in [3.8, 4) is 0 Å². The fourth-order valence-electron chi connectivity index (χ4n) is 2.77. The zero-order valence-corrected chi connectivity index (χ0v) is 11.8. The molecule has 104 valence electrons. The molecule has 3 aromatic rings. The van der Waals surface area contributed by atoms with Crippen molar-refractivity contribution in [3.63, 3.8) is 0 Å². The van der Waals surface area contributed by atoms with Gasteiger partial charge < -0.3 is 5.32 Å². The Morgan fingerprint density at radius 2 is 2.24 bits per heavy atom. The average molecular weight is 298 g/mol. The topological polar surface area (TPSA) is 46.4 Å². The molecular weight excluding hydrogens is 286 g/mol. The highest BCUT2D eigenvalue weighted by atomic mass is 35.5. The number of imidazole rings is 1. The SMILES string of the molecule is O=C(Nc1cccc2nccn12)C1Cc2ccc(Cl)cc21. The van der Waals surface area contributed by atoms with E-state index in [9.17, 15) is 4.79 Å². The minimum atomic E-state index is -0.127. The first-order valence-electron chi connectivity index (χ1n) is 6.73. The summed E-state index contributed by atoms with van der Waals surface area (Å²) in [5, 5.41) is 3.64. The van der Waals surface area contributed by atoms with Crippen LogP contribution in [-0.4, -0.2) is 15.3 Å². The Hall–Kier alpha value is -2.33. The summed E-state index contributed by atoms with van der Waals surface area (Å²) >= 11 is 6.00. The fourth-order valence-corrected chi connectivity index (χ4v) is 2.95. The van der Waals surface area contributed by atoms with Gasteiger partial charge in [0.1, 0.15) is 11.5 Å². The molecule has 1 aromatic carbocycles. The van der Waals surface area contributed by atoms with Crippen LogP contribution in [0.25, 0.3) is 5.65 Å². The molecule has 0 radical (unpaired) electrons. The number of anilines is 1. The summed E-state index contributed by atoms with van der Waals surface area (Å²) in [4.78, 5) is 16.7. The van der Waals surface area contributed by atoms with E-state index < -0.39 is 0 Å². The molecule has 0 spiro atoms. The Balaban J connectivity index is 1.61. The zero-order valence-electron chi connectivity index (χ0n) is 11.1. The van der Waals surface area contributed by atoms with Gasteiger partial charge in [0.15, 0.2) is 0 Å². The lowest BCUT2D eigenvalue weighted by Crippen LogP contribution is -2.30. The molecule has 1 unspecified atom stereocenters. The standard InChI is InChI=1S/C16H12ClN3O/c17-11-5-4-10-8-13(12(10)9-11)16(21)19-15-3-1-2-14-18-6-7-20(14)15/h1-7,9,13H,8H2,(H,19,21). The quantitative estimate of drug-likeness (QED) is 0.789. The molecule has 0 bridgehead atoms. The maximum atomic E-state index is 12.4.